The molecule has 0 N–H and O–H groups in total. The van der Waals surface area contributed by atoms with E-state index in [2.05, 4.69) is 12.1 Å². The number of ether oxygens (including phenoxy) is 1. The Labute approximate surface area is 115 Å². The standard InChI is InChI=1S/C17H22O2/c1-2-19-17(13-9-10-13)16(18)15-8-4-7-14(11-15)12-5-3-6-12/h4,7-8,11-13,17H,2-3,5-6,9-10H2,1H3. The van der Waals surface area contributed by atoms with Crippen LogP contribution in [0.2, 0.25) is 0 Å². The summed E-state index contributed by atoms with van der Waals surface area (Å²) in [5, 5.41) is 0. The van der Waals surface area contributed by atoms with Crippen molar-refractivity contribution in [3.05, 3.63) is 35.4 Å². The van der Waals surface area contributed by atoms with E-state index in [1.54, 1.807) is 0 Å². The summed E-state index contributed by atoms with van der Waals surface area (Å²) < 4.78 is 5.67. The average Bonchev–Trinajstić information content (AvgIpc) is 3.18. The number of hydrogen-bond donors (Lipinski definition) is 0. The Kier molecular flexibility index (Phi) is 3.69. The van der Waals surface area contributed by atoms with Crippen LogP contribution in [0.5, 0.6) is 0 Å². The molecule has 0 radical (unpaired) electrons. The highest BCUT2D eigenvalue weighted by Gasteiger charge is 2.37. The van der Waals surface area contributed by atoms with Crippen molar-refractivity contribution >= 4 is 5.78 Å². The molecular formula is C17H22O2. The predicted molar refractivity (Wildman–Crippen MR) is 75.5 cm³/mol. The normalized spacial score (nSPS) is 20.9. The molecule has 19 heavy (non-hydrogen) atoms. The van der Waals surface area contributed by atoms with Crippen molar-refractivity contribution in [3.63, 3.8) is 0 Å². The molecule has 0 heterocycles. The maximum absolute atomic E-state index is 12.6. The van der Waals surface area contributed by atoms with Crippen molar-refractivity contribution in [1.82, 2.24) is 0 Å². The monoisotopic (exact) mass is 258 g/mol. The van der Waals surface area contributed by atoms with Gasteiger partial charge >= 0.3 is 0 Å². The van der Waals surface area contributed by atoms with Crippen LogP contribution in [0.25, 0.3) is 0 Å². The number of hydrogen-bond acceptors (Lipinski definition) is 2. The fourth-order valence-electron chi connectivity index (χ4n) is 2.86. The summed E-state index contributed by atoms with van der Waals surface area (Å²) >= 11 is 0. The molecular weight excluding hydrogens is 236 g/mol. The van der Waals surface area contributed by atoms with E-state index in [9.17, 15) is 4.79 Å². The Morgan fingerprint density at radius 2 is 2.11 bits per heavy atom. The zero-order valence-electron chi connectivity index (χ0n) is 11.6. The van der Waals surface area contributed by atoms with Crippen LogP contribution in [0.15, 0.2) is 24.3 Å². The highest BCUT2D eigenvalue weighted by Crippen LogP contribution is 2.38. The summed E-state index contributed by atoms with van der Waals surface area (Å²) in [6.07, 6.45) is 5.94. The van der Waals surface area contributed by atoms with Crippen LogP contribution >= 0.6 is 0 Å². The Morgan fingerprint density at radius 3 is 2.68 bits per heavy atom. The molecule has 2 heteroatoms. The van der Waals surface area contributed by atoms with Gasteiger partial charge < -0.3 is 4.74 Å². The van der Waals surface area contributed by atoms with Gasteiger partial charge in [0.05, 0.1) is 0 Å². The second kappa shape index (κ2) is 5.46. The maximum atomic E-state index is 12.6. The van der Waals surface area contributed by atoms with Gasteiger partial charge in [0, 0.05) is 12.2 Å². The molecule has 0 aliphatic heterocycles. The van der Waals surface area contributed by atoms with Crippen molar-refractivity contribution in [3.8, 4) is 0 Å². The molecule has 0 bridgehead atoms. The van der Waals surface area contributed by atoms with Gasteiger partial charge in [-0.25, -0.2) is 0 Å². The van der Waals surface area contributed by atoms with E-state index < -0.39 is 0 Å². The van der Waals surface area contributed by atoms with Crippen molar-refractivity contribution in [2.24, 2.45) is 5.92 Å². The number of carbonyl (C=O) groups is 1. The van der Waals surface area contributed by atoms with E-state index in [0.717, 1.165) is 18.4 Å². The maximum Gasteiger partial charge on any atom is 0.191 e. The Hall–Kier alpha value is -1.15. The van der Waals surface area contributed by atoms with Gasteiger partial charge in [-0.2, -0.15) is 0 Å². The minimum atomic E-state index is -0.207. The number of ketones is 1. The quantitative estimate of drug-likeness (QED) is 0.722. The van der Waals surface area contributed by atoms with Gasteiger partial charge in [-0.3, -0.25) is 4.79 Å². The Morgan fingerprint density at radius 1 is 1.32 bits per heavy atom. The third kappa shape index (κ3) is 2.74. The van der Waals surface area contributed by atoms with Gasteiger partial charge in [-0.05, 0) is 56.1 Å². The topological polar surface area (TPSA) is 26.3 Å². The van der Waals surface area contributed by atoms with Crippen molar-refractivity contribution < 1.29 is 9.53 Å². The van der Waals surface area contributed by atoms with Gasteiger partial charge in [-0.15, -0.1) is 0 Å². The number of carbonyl (C=O) groups excluding carboxylic acids is 1. The van der Waals surface area contributed by atoms with Crippen LogP contribution < -0.4 is 0 Å². The lowest BCUT2D eigenvalue weighted by atomic mass is 9.79. The summed E-state index contributed by atoms with van der Waals surface area (Å²) in [5.74, 6) is 1.32. The highest BCUT2D eigenvalue weighted by molar-refractivity contribution is 6.00. The summed E-state index contributed by atoms with van der Waals surface area (Å²) in [6, 6.07) is 8.23. The van der Waals surface area contributed by atoms with Crippen LogP contribution in [0.4, 0.5) is 0 Å². The van der Waals surface area contributed by atoms with Crippen LogP contribution in [0.1, 0.15) is 60.9 Å². The SMILES string of the molecule is CCOC(C(=O)c1cccc(C2CCC2)c1)C1CC1. The lowest BCUT2D eigenvalue weighted by Gasteiger charge is -2.26. The first-order chi connectivity index (χ1) is 9.29. The van der Waals surface area contributed by atoms with E-state index in [1.165, 1.54) is 24.8 Å². The lowest BCUT2D eigenvalue weighted by molar-refractivity contribution is 0.0374. The molecule has 0 amide bonds. The van der Waals surface area contributed by atoms with Crippen LogP contribution in [-0.4, -0.2) is 18.5 Å². The molecule has 3 rings (SSSR count). The van der Waals surface area contributed by atoms with Crippen LogP contribution in [0.3, 0.4) is 0 Å². The predicted octanol–water partition coefficient (Wildman–Crippen LogP) is 3.95. The third-order valence-corrected chi connectivity index (χ3v) is 4.40. The van der Waals surface area contributed by atoms with Crippen molar-refractivity contribution in [2.45, 2.75) is 51.0 Å². The molecule has 2 nitrogen and oxygen atoms in total. The molecule has 2 fully saturated rings. The smallest absolute Gasteiger partial charge is 0.191 e. The average molecular weight is 258 g/mol. The van der Waals surface area contributed by atoms with Crippen LogP contribution in [0, 0.1) is 5.92 Å². The molecule has 0 spiro atoms. The first-order valence-electron chi connectivity index (χ1n) is 7.55. The molecule has 1 unspecified atom stereocenters. The van der Waals surface area contributed by atoms with E-state index in [1.807, 2.05) is 19.1 Å². The zero-order chi connectivity index (χ0) is 13.2. The number of benzene rings is 1. The summed E-state index contributed by atoms with van der Waals surface area (Å²) in [5.41, 5.74) is 2.18. The second-order valence-electron chi connectivity index (χ2n) is 5.83. The van der Waals surface area contributed by atoms with Gasteiger partial charge in [0.1, 0.15) is 6.10 Å². The second-order valence-corrected chi connectivity index (χ2v) is 5.83. The fourth-order valence-corrected chi connectivity index (χ4v) is 2.86. The van der Waals surface area contributed by atoms with Gasteiger partial charge in [0.15, 0.2) is 5.78 Å². The summed E-state index contributed by atoms with van der Waals surface area (Å²) in [6.45, 7) is 2.59. The first kappa shape index (κ1) is 12.9. The largest absolute Gasteiger partial charge is 0.370 e. The van der Waals surface area contributed by atoms with Gasteiger partial charge in [0.25, 0.3) is 0 Å². The van der Waals surface area contributed by atoms with E-state index in [0.29, 0.717) is 18.4 Å². The van der Waals surface area contributed by atoms with E-state index >= 15 is 0 Å². The van der Waals surface area contributed by atoms with Crippen molar-refractivity contribution in [1.29, 1.82) is 0 Å². The third-order valence-electron chi connectivity index (χ3n) is 4.40. The molecule has 102 valence electrons. The zero-order valence-corrected chi connectivity index (χ0v) is 11.6. The highest BCUT2D eigenvalue weighted by atomic mass is 16.5. The van der Waals surface area contributed by atoms with E-state index in [-0.39, 0.29) is 11.9 Å². The lowest BCUT2D eigenvalue weighted by Crippen LogP contribution is -2.27. The molecule has 1 aromatic carbocycles. The molecule has 0 saturated heterocycles. The van der Waals surface area contributed by atoms with Gasteiger partial charge in [-0.1, -0.05) is 24.6 Å². The number of rotatable bonds is 6. The molecule has 2 aliphatic rings. The van der Waals surface area contributed by atoms with Gasteiger partial charge in [0.2, 0.25) is 0 Å². The molecule has 2 saturated carbocycles. The Bertz CT molecular complexity index is 458. The molecule has 1 aromatic rings. The summed E-state index contributed by atoms with van der Waals surface area (Å²) in [4.78, 5) is 12.6. The minimum Gasteiger partial charge on any atom is -0.370 e. The molecule has 2 aliphatic carbocycles. The minimum absolute atomic E-state index is 0.186. The first-order valence-corrected chi connectivity index (χ1v) is 7.55. The fraction of sp³-hybridized carbons (Fsp3) is 0.588. The van der Waals surface area contributed by atoms with E-state index in [4.69, 9.17) is 4.74 Å². The summed E-state index contributed by atoms with van der Waals surface area (Å²) in [7, 11) is 0. The number of Topliss-reactive ketones (excluding diaryl/α,β-unsaturated/α-hetero) is 1. The van der Waals surface area contributed by atoms with Crippen molar-refractivity contribution in [2.75, 3.05) is 6.61 Å². The Balaban J connectivity index is 1.77. The molecule has 1 atom stereocenters. The van der Waals surface area contributed by atoms with Crippen LogP contribution in [-0.2, 0) is 4.74 Å². The molecule has 0 aromatic heterocycles.